The fraction of sp³-hybridized carbons (Fsp3) is 0.353. The standard InChI is InChI=1S/C17H23N3O.HI/c1-4-18-17(19-5-2)20-12-13-6-7-15-11-16(21-3)9-8-14(15)10-13;/h6-11H,4-5,12H2,1-3H3,(H2,18,19,20);1H. The number of hydrogen-bond acceptors (Lipinski definition) is 2. The quantitative estimate of drug-likeness (QED) is 0.448. The van der Waals surface area contributed by atoms with Crippen LogP contribution >= 0.6 is 24.0 Å². The summed E-state index contributed by atoms with van der Waals surface area (Å²) < 4.78 is 5.25. The second-order valence-corrected chi connectivity index (χ2v) is 4.77. The number of nitrogens with zero attached hydrogens (tertiary/aromatic N) is 1. The van der Waals surface area contributed by atoms with E-state index in [1.807, 2.05) is 12.1 Å². The Kier molecular flexibility index (Phi) is 8.01. The Morgan fingerprint density at radius 3 is 2.27 bits per heavy atom. The molecule has 22 heavy (non-hydrogen) atoms. The van der Waals surface area contributed by atoms with E-state index < -0.39 is 0 Å². The fourth-order valence-corrected chi connectivity index (χ4v) is 2.18. The molecular formula is C17H24IN3O. The van der Waals surface area contributed by atoms with Crippen LogP contribution in [0.5, 0.6) is 5.75 Å². The number of rotatable bonds is 5. The fourth-order valence-electron chi connectivity index (χ4n) is 2.18. The van der Waals surface area contributed by atoms with Gasteiger partial charge in [-0.05, 0) is 48.4 Å². The minimum atomic E-state index is 0. The third-order valence-corrected chi connectivity index (χ3v) is 3.22. The lowest BCUT2D eigenvalue weighted by molar-refractivity contribution is 0.415. The molecule has 0 atom stereocenters. The zero-order valence-electron chi connectivity index (χ0n) is 13.3. The van der Waals surface area contributed by atoms with Crippen molar-refractivity contribution >= 4 is 40.7 Å². The van der Waals surface area contributed by atoms with Crippen molar-refractivity contribution in [2.75, 3.05) is 20.2 Å². The van der Waals surface area contributed by atoms with E-state index in [0.717, 1.165) is 24.8 Å². The Labute approximate surface area is 149 Å². The molecule has 0 heterocycles. The third-order valence-electron chi connectivity index (χ3n) is 3.22. The van der Waals surface area contributed by atoms with Gasteiger partial charge in [0.05, 0.1) is 13.7 Å². The van der Waals surface area contributed by atoms with E-state index in [4.69, 9.17) is 4.74 Å². The Balaban J connectivity index is 0.00000242. The molecule has 0 aliphatic carbocycles. The molecule has 0 aliphatic heterocycles. The molecule has 120 valence electrons. The van der Waals surface area contributed by atoms with E-state index in [-0.39, 0.29) is 24.0 Å². The van der Waals surface area contributed by atoms with Crippen LogP contribution in [0.2, 0.25) is 0 Å². The second kappa shape index (κ2) is 9.50. The summed E-state index contributed by atoms with van der Waals surface area (Å²) in [6.07, 6.45) is 0. The summed E-state index contributed by atoms with van der Waals surface area (Å²) in [5.41, 5.74) is 1.20. The van der Waals surface area contributed by atoms with E-state index in [0.29, 0.717) is 6.54 Å². The molecule has 0 saturated heterocycles. The van der Waals surface area contributed by atoms with Gasteiger partial charge in [0, 0.05) is 13.1 Å². The highest BCUT2D eigenvalue weighted by atomic mass is 127. The van der Waals surface area contributed by atoms with Crippen molar-refractivity contribution in [1.29, 1.82) is 0 Å². The monoisotopic (exact) mass is 413 g/mol. The molecule has 0 saturated carbocycles. The average Bonchev–Trinajstić information content (AvgIpc) is 2.52. The van der Waals surface area contributed by atoms with Crippen molar-refractivity contribution in [2.24, 2.45) is 4.99 Å². The molecule has 0 fully saturated rings. The Morgan fingerprint density at radius 2 is 1.64 bits per heavy atom. The molecule has 0 bridgehead atoms. The van der Waals surface area contributed by atoms with Gasteiger partial charge < -0.3 is 15.4 Å². The average molecular weight is 413 g/mol. The maximum atomic E-state index is 5.25. The van der Waals surface area contributed by atoms with E-state index in [1.54, 1.807) is 7.11 Å². The molecule has 2 rings (SSSR count). The zero-order valence-corrected chi connectivity index (χ0v) is 15.7. The lowest BCUT2D eigenvalue weighted by Gasteiger charge is -2.09. The van der Waals surface area contributed by atoms with E-state index in [2.05, 4.69) is 53.7 Å². The Bertz CT molecular complexity index is 620. The summed E-state index contributed by atoms with van der Waals surface area (Å²) in [6.45, 7) is 6.52. The molecule has 0 radical (unpaired) electrons. The molecule has 4 nitrogen and oxygen atoms in total. The van der Waals surface area contributed by atoms with Crippen LogP contribution in [0.4, 0.5) is 0 Å². The molecule has 0 aromatic heterocycles. The molecule has 2 N–H and O–H groups in total. The first-order chi connectivity index (χ1) is 10.3. The largest absolute Gasteiger partial charge is 0.497 e. The van der Waals surface area contributed by atoms with Gasteiger partial charge >= 0.3 is 0 Å². The second-order valence-electron chi connectivity index (χ2n) is 4.77. The van der Waals surface area contributed by atoms with Gasteiger partial charge in [0.2, 0.25) is 0 Å². The van der Waals surface area contributed by atoms with E-state index in [9.17, 15) is 0 Å². The van der Waals surface area contributed by atoms with Crippen molar-refractivity contribution < 1.29 is 4.74 Å². The van der Waals surface area contributed by atoms with Crippen molar-refractivity contribution in [3.05, 3.63) is 42.0 Å². The lowest BCUT2D eigenvalue weighted by Crippen LogP contribution is -2.36. The van der Waals surface area contributed by atoms with Gasteiger partial charge in [-0.25, -0.2) is 4.99 Å². The van der Waals surface area contributed by atoms with Crippen molar-refractivity contribution in [1.82, 2.24) is 10.6 Å². The smallest absolute Gasteiger partial charge is 0.191 e. The number of nitrogens with one attached hydrogen (secondary N) is 2. The Morgan fingerprint density at radius 1 is 1.00 bits per heavy atom. The number of methoxy groups -OCH3 is 1. The molecule has 0 spiro atoms. The predicted octanol–water partition coefficient (Wildman–Crippen LogP) is 3.54. The molecular weight excluding hydrogens is 389 g/mol. The van der Waals surface area contributed by atoms with Crippen molar-refractivity contribution in [3.63, 3.8) is 0 Å². The number of guanidine groups is 1. The normalized spacial score (nSPS) is 9.77. The molecule has 2 aromatic carbocycles. The third kappa shape index (κ3) is 5.05. The zero-order chi connectivity index (χ0) is 15.1. The van der Waals surface area contributed by atoms with Crippen LogP contribution in [-0.2, 0) is 6.54 Å². The van der Waals surface area contributed by atoms with Crippen molar-refractivity contribution in [3.8, 4) is 5.75 Å². The number of halogens is 1. The van der Waals surface area contributed by atoms with Gasteiger partial charge in [0.25, 0.3) is 0 Å². The van der Waals surface area contributed by atoms with Gasteiger partial charge in [-0.15, -0.1) is 24.0 Å². The summed E-state index contributed by atoms with van der Waals surface area (Å²) in [7, 11) is 1.69. The van der Waals surface area contributed by atoms with Gasteiger partial charge in [0.15, 0.2) is 5.96 Å². The molecule has 0 unspecified atom stereocenters. The van der Waals surface area contributed by atoms with Crippen LogP contribution in [0, 0.1) is 0 Å². The van der Waals surface area contributed by atoms with Crippen LogP contribution in [0.15, 0.2) is 41.4 Å². The van der Waals surface area contributed by atoms with Crippen LogP contribution < -0.4 is 15.4 Å². The highest BCUT2D eigenvalue weighted by Gasteiger charge is 2.00. The number of ether oxygens (including phenoxy) is 1. The molecule has 0 amide bonds. The molecule has 2 aromatic rings. The summed E-state index contributed by atoms with van der Waals surface area (Å²) >= 11 is 0. The van der Waals surface area contributed by atoms with E-state index >= 15 is 0 Å². The number of benzene rings is 2. The highest BCUT2D eigenvalue weighted by Crippen LogP contribution is 2.22. The topological polar surface area (TPSA) is 45.7 Å². The first-order valence-electron chi connectivity index (χ1n) is 7.35. The summed E-state index contributed by atoms with van der Waals surface area (Å²) in [4.78, 5) is 4.58. The Hall–Kier alpha value is -1.50. The number of hydrogen-bond donors (Lipinski definition) is 2. The molecule has 0 aliphatic rings. The lowest BCUT2D eigenvalue weighted by atomic mass is 10.1. The number of fused-ring (bicyclic) bond motifs is 1. The van der Waals surface area contributed by atoms with Crippen molar-refractivity contribution in [2.45, 2.75) is 20.4 Å². The molecule has 5 heteroatoms. The number of aliphatic imine (C=N–C) groups is 1. The van der Waals surface area contributed by atoms with Gasteiger partial charge in [-0.1, -0.05) is 18.2 Å². The first-order valence-corrected chi connectivity index (χ1v) is 7.35. The van der Waals surface area contributed by atoms with E-state index in [1.165, 1.54) is 16.3 Å². The maximum Gasteiger partial charge on any atom is 0.191 e. The summed E-state index contributed by atoms with van der Waals surface area (Å²) in [5.74, 6) is 1.74. The van der Waals surface area contributed by atoms with Crippen LogP contribution in [-0.4, -0.2) is 26.2 Å². The first kappa shape index (κ1) is 18.5. The van der Waals surface area contributed by atoms with Gasteiger partial charge in [-0.3, -0.25) is 0 Å². The maximum absolute atomic E-state index is 5.25. The van der Waals surface area contributed by atoms with Crippen LogP contribution in [0.1, 0.15) is 19.4 Å². The van der Waals surface area contributed by atoms with Crippen LogP contribution in [0.25, 0.3) is 10.8 Å². The predicted molar refractivity (Wildman–Crippen MR) is 104 cm³/mol. The summed E-state index contributed by atoms with van der Waals surface area (Å²) in [5, 5.41) is 8.84. The minimum absolute atomic E-state index is 0. The van der Waals surface area contributed by atoms with Gasteiger partial charge in [-0.2, -0.15) is 0 Å². The highest BCUT2D eigenvalue weighted by molar-refractivity contribution is 14.0. The van der Waals surface area contributed by atoms with Gasteiger partial charge in [0.1, 0.15) is 5.75 Å². The minimum Gasteiger partial charge on any atom is -0.497 e. The SMILES string of the molecule is CCNC(=NCc1ccc2cc(OC)ccc2c1)NCC.I. The van der Waals surface area contributed by atoms with Crippen LogP contribution in [0.3, 0.4) is 0 Å². The summed E-state index contributed by atoms with van der Waals surface area (Å²) in [6, 6.07) is 12.5.